The van der Waals surface area contributed by atoms with Crippen molar-refractivity contribution in [3.8, 4) is 0 Å². The molecule has 5 heteroatoms. The molecule has 2 atom stereocenters. The van der Waals surface area contributed by atoms with Gasteiger partial charge in [-0.25, -0.2) is 0 Å². The van der Waals surface area contributed by atoms with Crippen LogP contribution in [0.4, 0.5) is 0 Å². The van der Waals surface area contributed by atoms with Gasteiger partial charge >= 0.3 is 11.9 Å². The van der Waals surface area contributed by atoms with E-state index >= 15 is 0 Å². The predicted molar refractivity (Wildman–Crippen MR) is 82.0 cm³/mol. The second-order valence-corrected chi connectivity index (χ2v) is 5.13. The highest BCUT2D eigenvalue weighted by Gasteiger charge is 2.31. The van der Waals surface area contributed by atoms with Gasteiger partial charge < -0.3 is 14.2 Å². The number of rotatable bonds is 8. The number of carbonyl (C=O) groups is 2. The van der Waals surface area contributed by atoms with Crippen LogP contribution in [0.2, 0.25) is 0 Å². The molecular formula is C17H24O5. The summed E-state index contributed by atoms with van der Waals surface area (Å²) >= 11 is 0. The van der Waals surface area contributed by atoms with E-state index in [1.165, 1.54) is 13.8 Å². The summed E-state index contributed by atoms with van der Waals surface area (Å²) < 4.78 is 16.0. The Morgan fingerprint density at radius 3 is 2.05 bits per heavy atom. The zero-order valence-corrected chi connectivity index (χ0v) is 13.6. The fourth-order valence-electron chi connectivity index (χ4n) is 2.20. The summed E-state index contributed by atoms with van der Waals surface area (Å²) in [5, 5.41) is 0. The van der Waals surface area contributed by atoms with Crippen LogP contribution in [0.1, 0.15) is 33.3 Å². The Bertz CT molecular complexity index is 455. The normalized spacial score (nSPS) is 13.5. The minimum Gasteiger partial charge on any atom is -0.425 e. The third kappa shape index (κ3) is 6.26. The van der Waals surface area contributed by atoms with Gasteiger partial charge in [0.2, 0.25) is 0 Å². The Morgan fingerprint density at radius 1 is 1.05 bits per heavy atom. The first-order valence-electron chi connectivity index (χ1n) is 7.44. The van der Waals surface area contributed by atoms with Gasteiger partial charge in [0, 0.05) is 20.5 Å². The smallest absolute Gasteiger partial charge is 0.305 e. The SMILES string of the molecule is CCOC(Cc1ccccc1)C(C)C(OC(C)=O)OC(C)=O. The maximum absolute atomic E-state index is 11.2. The maximum atomic E-state index is 11.2. The van der Waals surface area contributed by atoms with Gasteiger partial charge in [-0.15, -0.1) is 0 Å². The molecule has 2 unspecified atom stereocenters. The topological polar surface area (TPSA) is 61.8 Å². The molecule has 0 radical (unpaired) electrons. The molecule has 0 bridgehead atoms. The van der Waals surface area contributed by atoms with E-state index in [4.69, 9.17) is 14.2 Å². The minimum atomic E-state index is -0.949. The second kappa shape index (κ2) is 9.20. The van der Waals surface area contributed by atoms with Crippen molar-refractivity contribution in [2.75, 3.05) is 6.61 Å². The molecule has 0 aliphatic carbocycles. The van der Waals surface area contributed by atoms with E-state index in [-0.39, 0.29) is 12.0 Å². The highest BCUT2D eigenvalue weighted by molar-refractivity contribution is 5.68. The van der Waals surface area contributed by atoms with Crippen LogP contribution in [0.3, 0.4) is 0 Å². The van der Waals surface area contributed by atoms with Crippen LogP contribution in [0, 0.1) is 5.92 Å². The Morgan fingerprint density at radius 2 is 1.59 bits per heavy atom. The van der Waals surface area contributed by atoms with Crippen LogP contribution in [-0.4, -0.2) is 30.9 Å². The first-order valence-corrected chi connectivity index (χ1v) is 7.44. The van der Waals surface area contributed by atoms with E-state index in [1.54, 1.807) is 0 Å². The summed E-state index contributed by atoms with van der Waals surface area (Å²) in [4.78, 5) is 22.4. The largest absolute Gasteiger partial charge is 0.425 e. The van der Waals surface area contributed by atoms with Gasteiger partial charge in [0.15, 0.2) is 0 Å². The lowest BCUT2D eigenvalue weighted by Gasteiger charge is -2.29. The lowest BCUT2D eigenvalue weighted by atomic mass is 9.96. The summed E-state index contributed by atoms with van der Waals surface area (Å²) in [6.45, 7) is 6.85. The first kappa shape index (κ1) is 18.2. The molecule has 1 aromatic carbocycles. The Labute approximate surface area is 131 Å². The molecule has 0 amide bonds. The van der Waals surface area contributed by atoms with Gasteiger partial charge in [-0.1, -0.05) is 37.3 Å². The number of carbonyl (C=O) groups excluding carboxylic acids is 2. The van der Waals surface area contributed by atoms with Gasteiger partial charge in [-0.2, -0.15) is 0 Å². The summed E-state index contributed by atoms with van der Waals surface area (Å²) in [6, 6.07) is 9.87. The van der Waals surface area contributed by atoms with Crippen molar-refractivity contribution in [2.45, 2.75) is 46.5 Å². The first-order chi connectivity index (χ1) is 10.4. The molecule has 0 saturated carbocycles. The maximum Gasteiger partial charge on any atom is 0.305 e. The highest BCUT2D eigenvalue weighted by atomic mass is 16.7. The lowest BCUT2D eigenvalue weighted by molar-refractivity contribution is -0.202. The molecule has 0 aromatic heterocycles. The van der Waals surface area contributed by atoms with Crippen LogP contribution in [-0.2, 0) is 30.2 Å². The molecule has 1 aromatic rings. The molecular weight excluding hydrogens is 284 g/mol. The van der Waals surface area contributed by atoms with Crippen LogP contribution >= 0.6 is 0 Å². The Balaban J connectivity index is 2.85. The van der Waals surface area contributed by atoms with Gasteiger partial charge in [-0.3, -0.25) is 9.59 Å². The van der Waals surface area contributed by atoms with E-state index in [1.807, 2.05) is 44.2 Å². The van der Waals surface area contributed by atoms with Crippen molar-refractivity contribution in [3.05, 3.63) is 35.9 Å². The molecule has 0 aliphatic heterocycles. The average Bonchev–Trinajstić information content (AvgIpc) is 2.45. The lowest BCUT2D eigenvalue weighted by Crippen LogP contribution is -2.38. The summed E-state index contributed by atoms with van der Waals surface area (Å²) in [7, 11) is 0. The van der Waals surface area contributed by atoms with Crippen molar-refractivity contribution >= 4 is 11.9 Å². The van der Waals surface area contributed by atoms with E-state index in [0.717, 1.165) is 5.56 Å². The number of ether oxygens (including phenoxy) is 3. The quantitative estimate of drug-likeness (QED) is 0.546. The van der Waals surface area contributed by atoms with E-state index in [9.17, 15) is 9.59 Å². The van der Waals surface area contributed by atoms with E-state index < -0.39 is 18.2 Å². The summed E-state index contributed by atoms with van der Waals surface area (Å²) in [5.41, 5.74) is 1.11. The second-order valence-electron chi connectivity index (χ2n) is 5.13. The van der Waals surface area contributed by atoms with Gasteiger partial charge in [0.05, 0.1) is 12.0 Å². The van der Waals surface area contributed by atoms with Crippen molar-refractivity contribution in [1.29, 1.82) is 0 Å². The zero-order valence-electron chi connectivity index (χ0n) is 13.6. The zero-order chi connectivity index (χ0) is 16.5. The molecule has 0 aliphatic rings. The fraction of sp³-hybridized carbons (Fsp3) is 0.529. The van der Waals surface area contributed by atoms with Crippen molar-refractivity contribution < 1.29 is 23.8 Å². The van der Waals surface area contributed by atoms with Crippen LogP contribution in [0.5, 0.6) is 0 Å². The Kier molecular flexibility index (Phi) is 7.60. The third-order valence-corrected chi connectivity index (χ3v) is 3.24. The molecule has 1 rings (SSSR count). The third-order valence-electron chi connectivity index (χ3n) is 3.24. The molecule has 0 fully saturated rings. The van der Waals surface area contributed by atoms with Crippen LogP contribution in [0.15, 0.2) is 30.3 Å². The number of hydrogen-bond acceptors (Lipinski definition) is 5. The molecule has 22 heavy (non-hydrogen) atoms. The molecule has 5 nitrogen and oxygen atoms in total. The fourth-order valence-corrected chi connectivity index (χ4v) is 2.20. The average molecular weight is 308 g/mol. The standard InChI is InChI=1S/C17H24O5/c1-5-20-16(11-15-9-7-6-8-10-15)12(2)17(21-13(3)18)22-14(4)19/h6-10,12,16-17H,5,11H2,1-4H3. The van der Waals surface area contributed by atoms with Gasteiger partial charge in [0.1, 0.15) is 0 Å². The molecule has 0 heterocycles. The number of hydrogen-bond donors (Lipinski definition) is 0. The summed E-state index contributed by atoms with van der Waals surface area (Å²) in [5.74, 6) is -1.27. The van der Waals surface area contributed by atoms with Gasteiger partial charge in [0.25, 0.3) is 6.29 Å². The van der Waals surface area contributed by atoms with Crippen LogP contribution in [0.25, 0.3) is 0 Å². The molecule has 0 spiro atoms. The Hall–Kier alpha value is -1.88. The minimum absolute atomic E-state index is 0.226. The number of esters is 2. The molecule has 122 valence electrons. The van der Waals surface area contributed by atoms with Gasteiger partial charge in [-0.05, 0) is 18.9 Å². The van der Waals surface area contributed by atoms with Crippen molar-refractivity contribution in [1.82, 2.24) is 0 Å². The van der Waals surface area contributed by atoms with Crippen molar-refractivity contribution in [2.24, 2.45) is 5.92 Å². The van der Waals surface area contributed by atoms with Crippen LogP contribution < -0.4 is 0 Å². The predicted octanol–water partition coefficient (Wildman–Crippen LogP) is 2.72. The summed E-state index contributed by atoms with van der Waals surface area (Å²) in [6.07, 6.45) is -0.527. The highest BCUT2D eigenvalue weighted by Crippen LogP contribution is 2.21. The number of benzene rings is 1. The molecule has 0 N–H and O–H groups in total. The monoisotopic (exact) mass is 308 g/mol. The van der Waals surface area contributed by atoms with E-state index in [0.29, 0.717) is 13.0 Å². The van der Waals surface area contributed by atoms with Crippen molar-refractivity contribution in [3.63, 3.8) is 0 Å². The molecule has 0 saturated heterocycles. The van der Waals surface area contributed by atoms with E-state index in [2.05, 4.69) is 0 Å².